The van der Waals surface area contributed by atoms with Crippen molar-refractivity contribution in [3.05, 3.63) is 56.5 Å². The van der Waals surface area contributed by atoms with Crippen LogP contribution >= 0.6 is 31.9 Å². The standard InChI is InChI=1S/C14H9Br2F3O/c1-8-2-4-12(10(15)6-8)20-13-5-3-9(7-11(13)16)14(17,18)19/h2-7H,1H3. The number of aryl methyl sites for hydroxylation is 1. The highest BCUT2D eigenvalue weighted by atomic mass is 79.9. The smallest absolute Gasteiger partial charge is 0.416 e. The van der Waals surface area contributed by atoms with Gasteiger partial charge in [0.25, 0.3) is 0 Å². The Balaban J connectivity index is 2.30. The Hall–Kier alpha value is -1.01. The third kappa shape index (κ3) is 3.55. The molecule has 1 nitrogen and oxygen atoms in total. The van der Waals surface area contributed by atoms with Gasteiger partial charge in [-0.3, -0.25) is 0 Å². The summed E-state index contributed by atoms with van der Waals surface area (Å²) in [5.74, 6) is 0.860. The van der Waals surface area contributed by atoms with Gasteiger partial charge in [0.15, 0.2) is 0 Å². The molecule has 0 aliphatic heterocycles. The van der Waals surface area contributed by atoms with E-state index in [1.54, 1.807) is 6.07 Å². The summed E-state index contributed by atoms with van der Waals surface area (Å²) in [6, 6.07) is 8.76. The van der Waals surface area contributed by atoms with Gasteiger partial charge in [-0.05, 0) is 74.7 Å². The van der Waals surface area contributed by atoms with E-state index in [0.29, 0.717) is 11.5 Å². The van der Waals surface area contributed by atoms with Crippen molar-refractivity contribution in [2.24, 2.45) is 0 Å². The van der Waals surface area contributed by atoms with Gasteiger partial charge in [-0.25, -0.2) is 0 Å². The molecule has 0 amide bonds. The van der Waals surface area contributed by atoms with Crippen molar-refractivity contribution in [2.45, 2.75) is 13.1 Å². The lowest BCUT2D eigenvalue weighted by atomic mass is 10.2. The van der Waals surface area contributed by atoms with Crippen molar-refractivity contribution in [1.29, 1.82) is 0 Å². The molecule has 2 aromatic carbocycles. The van der Waals surface area contributed by atoms with Crippen LogP contribution in [0.3, 0.4) is 0 Å². The monoisotopic (exact) mass is 408 g/mol. The topological polar surface area (TPSA) is 9.23 Å². The van der Waals surface area contributed by atoms with Crippen LogP contribution in [-0.2, 0) is 6.18 Å². The summed E-state index contributed by atoms with van der Waals surface area (Å²) in [5.41, 5.74) is 0.329. The fraction of sp³-hybridized carbons (Fsp3) is 0.143. The van der Waals surface area contributed by atoms with Gasteiger partial charge in [0.2, 0.25) is 0 Å². The Morgan fingerprint density at radius 3 is 1.95 bits per heavy atom. The van der Waals surface area contributed by atoms with Gasteiger partial charge < -0.3 is 4.74 Å². The molecule has 0 unspecified atom stereocenters. The number of rotatable bonds is 2. The number of hydrogen-bond donors (Lipinski definition) is 0. The molecule has 0 heterocycles. The van der Waals surface area contributed by atoms with Gasteiger partial charge in [-0.1, -0.05) is 6.07 Å². The molecule has 0 saturated heterocycles. The second-order valence-electron chi connectivity index (χ2n) is 4.18. The van der Waals surface area contributed by atoms with Crippen molar-refractivity contribution < 1.29 is 17.9 Å². The molecule has 0 saturated carbocycles. The minimum Gasteiger partial charge on any atom is -0.455 e. The fourth-order valence-corrected chi connectivity index (χ4v) is 2.60. The Morgan fingerprint density at radius 2 is 1.45 bits per heavy atom. The van der Waals surface area contributed by atoms with Crippen molar-refractivity contribution in [2.75, 3.05) is 0 Å². The maximum Gasteiger partial charge on any atom is 0.416 e. The van der Waals surface area contributed by atoms with Crippen LogP contribution in [0.2, 0.25) is 0 Å². The van der Waals surface area contributed by atoms with E-state index in [2.05, 4.69) is 31.9 Å². The average molecular weight is 410 g/mol. The quantitative estimate of drug-likeness (QED) is 0.563. The van der Waals surface area contributed by atoms with Crippen molar-refractivity contribution >= 4 is 31.9 Å². The molecule has 0 N–H and O–H groups in total. The van der Waals surface area contributed by atoms with E-state index in [4.69, 9.17) is 4.74 Å². The second kappa shape index (κ2) is 5.77. The van der Waals surface area contributed by atoms with E-state index in [1.807, 2.05) is 19.1 Å². The summed E-state index contributed by atoms with van der Waals surface area (Å²) in [6.07, 6.45) is -4.37. The summed E-state index contributed by atoms with van der Waals surface area (Å²) >= 11 is 6.45. The van der Waals surface area contributed by atoms with Gasteiger partial charge in [0, 0.05) is 0 Å². The summed E-state index contributed by atoms with van der Waals surface area (Å²) < 4.78 is 44.3. The number of benzene rings is 2. The highest BCUT2D eigenvalue weighted by molar-refractivity contribution is 9.11. The average Bonchev–Trinajstić information content (AvgIpc) is 2.33. The summed E-state index contributed by atoms with van der Waals surface area (Å²) in [4.78, 5) is 0. The van der Waals surface area contributed by atoms with Crippen LogP contribution in [0, 0.1) is 6.92 Å². The van der Waals surface area contributed by atoms with Gasteiger partial charge in [-0.15, -0.1) is 0 Å². The van der Waals surface area contributed by atoms with E-state index in [-0.39, 0.29) is 4.47 Å². The first-order valence-electron chi connectivity index (χ1n) is 5.58. The van der Waals surface area contributed by atoms with E-state index in [1.165, 1.54) is 6.07 Å². The zero-order valence-corrected chi connectivity index (χ0v) is 13.4. The second-order valence-corrected chi connectivity index (χ2v) is 5.89. The maximum atomic E-state index is 12.6. The molecule has 6 heteroatoms. The molecule has 2 rings (SSSR count). The van der Waals surface area contributed by atoms with Crippen LogP contribution in [0.1, 0.15) is 11.1 Å². The molecule has 0 radical (unpaired) electrons. The molecular formula is C14H9Br2F3O. The van der Waals surface area contributed by atoms with Crippen LogP contribution in [0.5, 0.6) is 11.5 Å². The van der Waals surface area contributed by atoms with Crippen LogP contribution in [0.15, 0.2) is 45.3 Å². The number of hydrogen-bond acceptors (Lipinski definition) is 1. The van der Waals surface area contributed by atoms with Crippen LogP contribution in [0.25, 0.3) is 0 Å². The number of halogens is 5. The molecule has 0 aromatic heterocycles. The van der Waals surface area contributed by atoms with E-state index < -0.39 is 11.7 Å². The van der Waals surface area contributed by atoms with Crippen molar-refractivity contribution in [3.63, 3.8) is 0 Å². The van der Waals surface area contributed by atoms with Crippen LogP contribution < -0.4 is 4.74 Å². The minimum atomic E-state index is -4.37. The lowest BCUT2D eigenvalue weighted by Gasteiger charge is -2.12. The highest BCUT2D eigenvalue weighted by Crippen LogP contribution is 2.38. The first-order valence-corrected chi connectivity index (χ1v) is 7.17. The normalized spacial score (nSPS) is 11.5. The molecule has 0 fully saturated rings. The van der Waals surface area contributed by atoms with Crippen molar-refractivity contribution in [1.82, 2.24) is 0 Å². The zero-order chi connectivity index (χ0) is 14.9. The number of alkyl halides is 3. The summed E-state index contributed by atoms with van der Waals surface area (Å²) in [7, 11) is 0. The molecule has 20 heavy (non-hydrogen) atoms. The Kier molecular flexibility index (Phi) is 4.44. The van der Waals surface area contributed by atoms with E-state index in [9.17, 15) is 13.2 Å². The fourth-order valence-electron chi connectivity index (χ4n) is 1.57. The molecule has 0 aliphatic carbocycles. The molecule has 106 valence electrons. The van der Waals surface area contributed by atoms with Crippen LogP contribution in [0.4, 0.5) is 13.2 Å². The third-order valence-corrected chi connectivity index (χ3v) is 3.81. The van der Waals surface area contributed by atoms with Gasteiger partial charge in [-0.2, -0.15) is 13.2 Å². The SMILES string of the molecule is Cc1ccc(Oc2ccc(C(F)(F)F)cc2Br)c(Br)c1. The minimum absolute atomic E-state index is 0.250. The largest absolute Gasteiger partial charge is 0.455 e. The van der Waals surface area contributed by atoms with Crippen molar-refractivity contribution in [3.8, 4) is 11.5 Å². The molecule has 0 atom stereocenters. The Labute approximate surface area is 131 Å². The van der Waals surface area contributed by atoms with Gasteiger partial charge in [0.05, 0.1) is 14.5 Å². The van der Waals surface area contributed by atoms with E-state index >= 15 is 0 Å². The summed E-state index contributed by atoms with van der Waals surface area (Å²) in [5, 5.41) is 0. The molecule has 0 aliphatic rings. The summed E-state index contributed by atoms with van der Waals surface area (Å²) in [6.45, 7) is 1.93. The van der Waals surface area contributed by atoms with Crippen LogP contribution in [-0.4, -0.2) is 0 Å². The van der Waals surface area contributed by atoms with E-state index in [0.717, 1.165) is 22.2 Å². The molecule has 0 spiro atoms. The first kappa shape index (κ1) is 15.4. The van der Waals surface area contributed by atoms with Gasteiger partial charge >= 0.3 is 6.18 Å². The lowest BCUT2D eigenvalue weighted by molar-refractivity contribution is -0.137. The molecular weight excluding hydrogens is 401 g/mol. The zero-order valence-electron chi connectivity index (χ0n) is 10.3. The maximum absolute atomic E-state index is 12.6. The third-order valence-electron chi connectivity index (χ3n) is 2.57. The predicted molar refractivity (Wildman–Crippen MR) is 78.1 cm³/mol. The number of ether oxygens (including phenoxy) is 1. The van der Waals surface area contributed by atoms with Gasteiger partial charge in [0.1, 0.15) is 11.5 Å². The predicted octanol–water partition coefficient (Wildman–Crippen LogP) is 6.33. The molecule has 0 bridgehead atoms. The Morgan fingerprint density at radius 1 is 0.900 bits per heavy atom. The molecule has 2 aromatic rings. The first-order chi connectivity index (χ1) is 9.27. The highest BCUT2D eigenvalue weighted by Gasteiger charge is 2.31. The lowest BCUT2D eigenvalue weighted by Crippen LogP contribution is -2.04. The Bertz CT molecular complexity index is 639.